The van der Waals surface area contributed by atoms with Crippen molar-refractivity contribution in [3.8, 4) is 0 Å². The second kappa shape index (κ2) is 10.4. The van der Waals surface area contributed by atoms with Crippen molar-refractivity contribution < 1.29 is 15.0 Å². The van der Waals surface area contributed by atoms with E-state index in [2.05, 4.69) is 5.73 Å². The van der Waals surface area contributed by atoms with Crippen LogP contribution >= 0.6 is 0 Å². The van der Waals surface area contributed by atoms with Gasteiger partial charge in [-0.1, -0.05) is 0 Å². The molecule has 0 heterocycles. The van der Waals surface area contributed by atoms with Gasteiger partial charge < -0.3 is 15.9 Å². The van der Waals surface area contributed by atoms with Gasteiger partial charge in [0.1, 0.15) is 0 Å². The van der Waals surface area contributed by atoms with Gasteiger partial charge in [-0.05, 0) is 6.92 Å². The predicted octanol–water partition coefficient (Wildman–Crippen LogP) is -1.15. The van der Waals surface area contributed by atoms with Gasteiger partial charge in [0.25, 0.3) is 0 Å². The zero-order valence-corrected chi connectivity index (χ0v) is 5.50. The number of primary amides is 1. The Labute approximate surface area is 54.3 Å². The third kappa shape index (κ3) is 37.6. The summed E-state index contributed by atoms with van der Waals surface area (Å²) in [7, 11) is 0. The fraction of sp³-hybridized carbons (Fsp3) is 0.800. The smallest absolute Gasteiger partial charge is 0.219 e. The van der Waals surface area contributed by atoms with Crippen LogP contribution in [0, 0.1) is 0 Å². The highest BCUT2D eigenvalue weighted by Crippen LogP contribution is 1.66. The van der Waals surface area contributed by atoms with Crippen LogP contribution in [0.2, 0.25) is 0 Å². The van der Waals surface area contributed by atoms with Crippen molar-refractivity contribution in [2.24, 2.45) is 5.73 Å². The first-order valence-electron chi connectivity index (χ1n) is 2.69. The van der Waals surface area contributed by atoms with Crippen molar-refractivity contribution >= 4 is 5.91 Å². The molecule has 0 saturated heterocycles. The topological polar surface area (TPSA) is 83.5 Å². The first kappa shape index (κ1) is 11.2. The molecule has 0 aromatic heterocycles. The molecule has 4 N–H and O–H groups in total. The Balaban J connectivity index is 0. The summed E-state index contributed by atoms with van der Waals surface area (Å²) in [5, 5.41) is 15.5. The molecule has 0 aliphatic heterocycles. The lowest BCUT2D eigenvalue weighted by molar-refractivity contribution is -0.118. The van der Waals surface area contributed by atoms with Crippen LogP contribution in [-0.4, -0.2) is 29.3 Å². The first-order chi connectivity index (χ1) is 4.18. The summed E-state index contributed by atoms with van der Waals surface area (Å²) >= 11 is 0. The third-order valence-electron chi connectivity index (χ3n) is 0.358. The van der Waals surface area contributed by atoms with Crippen LogP contribution in [0.3, 0.4) is 0 Å². The van der Waals surface area contributed by atoms with Crippen molar-refractivity contribution in [1.82, 2.24) is 0 Å². The average molecular weight is 135 g/mol. The summed E-state index contributed by atoms with van der Waals surface area (Å²) in [6.45, 7) is 1.79. The van der Waals surface area contributed by atoms with Crippen LogP contribution in [-0.2, 0) is 4.79 Å². The standard InChI is InChI=1S/C3H7NO2.C2H6O/c4-3(6)1-2-5;1-2-3/h5H,1-2H2,(H2,4,6);3H,2H2,1H3. The number of rotatable bonds is 2. The Morgan fingerprint density at radius 1 is 1.56 bits per heavy atom. The number of hydrogen-bond acceptors (Lipinski definition) is 3. The molecule has 0 unspecified atom stereocenters. The zero-order valence-electron chi connectivity index (χ0n) is 5.50. The maximum Gasteiger partial charge on any atom is 0.219 e. The van der Waals surface area contributed by atoms with Gasteiger partial charge in [0.2, 0.25) is 5.91 Å². The number of aliphatic hydroxyl groups is 2. The summed E-state index contributed by atoms with van der Waals surface area (Å²) in [4.78, 5) is 9.66. The fourth-order valence-corrected chi connectivity index (χ4v) is 0.110. The van der Waals surface area contributed by atoms with Crippen LogP contribution < -0.4 is 5.73 Å². The maximum atomic E-state index is 9.66. The molecule has 0 fully saturated rings. The summed E-state index contributed by atoms with van der Waals surface area (Å²) in [5.41, 5.74) is 4.60. The minimum Gasteiger partial charge on any atom is -0.397 e. The first-order valence-corrected chi connectivity index (χ1v) is 2.69. The van der Waals surface area contributed by atoms with Gasteiger partial charge in [-0.2, -0.15) is 0 Å². The van der Waals surface area contributed by atoms with E-state index in [0.717, 1.165) is 0 Å². The van der Waals surface area contributed by atoms with E-state index in [1.165, 1.54) is 0 Å². The van der Waals surface area contributed by atoms with E-state index in [-0.39, 0.29) is 19.6 Å². The fourth-order valence-electron chi connectivity index (χ4n) is 0.110. The van der Waals surface area contributed by atoms with Crippen molar-refractivity contribution in [3.63, 3.8) is 0 Å². The Bertz CT molecular complexity index is 65.2. The molecule has 4 nitrogen and oxygen atoms in total. The Morgan fingerprint density at radius 2 is 1.89 bits per heavy atom. The highest BCUT2D eigenvalue weighted by Gasteiger charge is 1.85. The van der Waals surface area contributed by atoms with E-state index in [9.17, 15) is 4.79 Å². The van der Waals surface area contributed by atoms with Gasteiger partial charge in [-0.15, -0.1) is 0 Å². The number of nitrogens with two attached hydrogens (primary N) is 1. The van der Waals surface area contributed by atoms with Gasteiger partial charge in [-0.25, -0.2) is 0 Å². The highest BCUT2D eigenvalue weighted by atomic mass is 16.3. The molecule has 0 atom stereocenters. The number of amides is 1. The second-order valence-corrected chi connectivity index (χ2v) is 1.26. The van der Waals surface area contributed by atoms with Crippen molar-refractivity contribution in [1.29, 1.82) is 0 Å². The molecule has 0 saturated carbocycles. The Kier molecular flexibility index (Phi) is 13.0. The minimum absolute atomic E-state index is 0.0694. The summed E-state index contributed by atoms with van der Waals surface area (Å²) in [6.07, 6.45) is 0.0694. The molecule has 1 amide bonds. The normalized spacial score (nSPS) is 7.44. The van der Waals surface area contributed by atoms with Crippen LogP contribution in [0.25, 0.3) is 0 Å². The Hall–Kier alpha value is -0.610. The molecule has 0 aromatic rings. The van der Waals surface area contributed by atoms with Gasteiger partial charge in [-0.3, -0.25) is 4.79 Å². The van der Waals surface area contributed by atoms with Gasteiger partial charge >= 0.3 is 0 Å². The average Bonchev–Trinajstić information content (AvgIpc) is 1.67. The lowest BCUT2D eigenvalue weighted by Gasteiger charge is -1.81. The number of hydrogen-bond donors (Lipinski definition) is 3. The minimum atomic E-state index is -0.461. The van der Waals surface area contributed by atoms with E-state index in [4.69, 9.17) is 10.2 Å². The van der Waals surface area contributed by atoms with Crippen LogP contribution in [0.5, 0.6) is 0 Å². The predicted molar refractivity (Wildman–Crippen MR) is 33.7 cm³/mol. The molecule has 56 valence electrons. The van der Waals surface area contributed by atoms with Crippen molar-refractivity contribution in [2.75, 3.05) is 13.2 Å². The molecule has 0 bridgehead atoms. The number of aliphatic hydroxyl groups excluding tert-OH is 2. The van der Waals surface area contributed by atoms with E-state index >= 15 is 0 Å². The third-order valence-corrected chi connectivity index (χ3v) is 0.358. The monoisotopic (exact) mass is 135 g/mol. The number of carbonyl (C=O) groups excluding carboxylic acids is 1. The highest BCUT2D eigenvalue weighted by molar-refractivity contribution is 5.73. The van der Waals surface area contributed by atoms with Gasteiger partial charge in [0.15, 0.2) is 0 Å². The van der Waals surface area contributed by atoms with Crippen LogP contribution in [0.4, 0.5) is 0 Å². The summed E-state index contributed by atoms with van der Waals surface area (Å²) in [6, 6.07) is 0. The molecule has 4 heteroatoms. The molecule has 0 aliphatic carbocycles. The molecular formula is C5H13NO3. The quantitative estimate of drug-likeness (QED) is 0.447. The van der Waals surface area contributed by atoms with E-state index in [0.29, 0.717) is 0 Å². The molecular weight excluding hydrogens is 122 g/mol. The Morgan fingerprint density at radius 3 is 1.89 bits per heavy atom. The molecule has 9 heavy (non-hydrogen) atoms. The maximum absolute atomic E-state index is 9.66. The van der Waals surface area contributed by atoms with Crippen LogP contribution in [0.1, 0.15) is 13.3 Å². The molecule has 0 radical (unpaired) electrons. The van der Waals surface area contributed by atoms with Crippen LogP contribution in [0.15, 0.2) is 0 Å². The van der Waals surface area contributed by atoms with E-state index < -0.39 is 5.91 Å². The van der Waals surface area contributed by atoms with E-state index in [1.54, 1.807) is 6.92 Å². The zero-order chi connectivity index (χ0) is 7.70. The molecule has 0 aliphatic rings. The largest absolute Gasteiger partial charge is 0.397 e. The van der Waals surface area contributed by atoms with Gasteiger partial charge in [0, 0.05) is 13.0 Å². The van der Waals surface area contributed by atoms with Crippen molar-refractivity contribution in [2.45, 2.75) is 13.3 Å². The molecule has 0 aromatic carbocycles. The lowest BCUT2D eigenvalue weighted by atomic mass is 10.4. The molecule has 0 spiro atoms. The van der Waals surface area contributed by atoms with Crippen molar-refractivity contribution in [3.05, 3.63) is 0 Å². The lowest BCUT2D eigenvalue weighted by Crippen LogP contribution is -2.11. The van der Waals surface area contributed by atoms with Gasteiger partial charge in [0.05, 0.1) is 6.61 Å². The summed E-state index contributed by atoms with van der Waals surface area (Å²) < 4.78 is 0. The molecule has 0 rings (SSSR count). The summed E-state index contributed by atoms with van der Waals surface area (Å²) in [5.74, 6) is -0.461. The number of carbonyl (C=O) groups is 1. The van der Waals surface area contributed by atoms with E-state index in [1.807, 2.05) is 0 Å². The second-order valence-electron chi connectivity index (χ2n) is 1.26. The SMILES string of the molecule is CCO.NC(=O)CCO.